The first-order valence-corrected chi connectivity index (χ1v) is 8.59. The van der Waals surface area contributed by atoms with Crippen LogP contribution in [-0.4, -0.2) is 30.6 Å². The number of para-hydroxylation sites is 1. The van der Waals surface area contributed by atoms with Crippen molar-refractivity contribution in [1.29, 1.82) is 0 Å². The molecule has 1 aromatic heterocycles. The predicted molar refractivity (Wildman–Crippen MR) is 101 cm³/mol. The molecule has 1 heterocycles. The number of benzene rings is 2. The van der Waals surface area contributed by atoms with Crippen LogP contribution in [0.4, 0.5) is 5.69 Å². The summed E-state index contributed by atoms with van der Waals surface area (Å²) in [6.45, 7) is 4.01. The number of aromatic amines is 1. The summed E-state index contributed by atoms with van der Waals surface area (Å²) in [5.41, 5.74) is 2.57. The summed E-state index contributed by atoms with van der Waals surface area (Å²) in [5.74, 6) is 0.713. The molecular formula is C20H23N3O2. The number of amides is 1. The lowest BCUT2D eigenvalue weighted by Crippen LogP contribution is -2.26. The Morgan fingerprint density at radius 1 is 1.08 bits per heavy atom. The van der Waals surface area contributed by atoms with Crippen molar-refractivity contribution in [3.63, 3.8) is 0 Å². The molecule has 3 rings (SSSR count). The van der Waals surface area contributed by atoms with E-state index in [2.05, 4.69) is 15.6 Å². The molecule has 0 unspecified atom stereocenters. The Bertz CT molecular complexity index is 827. The number of H-pyrrole nitrogens is 1. The van der Waals surface area contributed by atoms with Crippen LogP contribution in [0.2, 0.25) is 0 Å². The fraction of sp³-hybridized carbons (Fsp3) is 0.250. The summed E-state index contributed by atoms with van der Waals surface area (Å²) in [5, 5.41) is 7.27. The number of carbonyl (C=O) groups excluding carboxylic acids is 1. The molecule has 130 valence electrons. The number of fused-ring (bicyclic) bond motifs is 1. The van der Waals surface area contributed by atoms with Crippen molar-refractivity contribution in [3.05, 3.63) is 60.3 Å². The van der Waals surface area contributed by atoms with Gasteiger partial charge in [-0.25, -0.2) is 0 Å². The van der Waals surface area contributed by atoms with Crippen molar-refractivity contribution in [2.24, 2.45) is 0 Å². The zero-order valence-corrected chi connectivity index (χ0v) is 14.3. The van der Waals surface area contributed by atoms with Gasteiger partial charge in [0.1, 0.15) is 11.4 Å². The van der Waals surface area contributed by atoms with Gasteiger partial charge in [-0.2, -0.15) is 0 Å². The van der Waals surface area contributed by atoms with Gasteiger partial charge in [-0.3, -0.25) is 4.79 Å². The molecule has 0 spiro atoms. The molecule has 3 N–H and O–H groups in total. The van der Waals surface area contributed by atoms with E-state index in [0.717, 1.165) is 35.3 Å². The smallest absolute Gasteiger partial charge is 0.267 e. The minimum atomic E-state index is -0.0890. The van der Waals surface area contributed by atoms with E-state index in [1.807, 2.05) is 61.5 Å². The maximum absolute atomic E-state index is 12.3. The van der Waals surface area contributed by atoms with E-state index in [1.165, 1.54) is 0 Å². The predicted octanol–water partition coefficient (Wildman–Crippen LogP) is 3.80. The molecule has 0 radical (unpaired) electrons. The van der Waals surface area contributed by atoms with E-state index in [4.69, 9.17) is 4.74 Å². The molecule has 25 heavy (non-hydrogen) atoms. The van der Waals surface area contributed by atoms with Crippen molar-refractivity contribution < 1.29 is 9.53 Å². The van der Waals surface area contributed by atoms with Gasteiger partial charge in [-0.15, -0.1) is 0 Å². The Labute approximate surface area is 147 Å². The van der Waals surface area contributed by atoms with E-state index in [-0.39, 0.29) is 5.91 Å². The molecule has 0 aliphatic rings. The van der Waals surface area contributed by atoms with Gasteiger partial charge in [0.2, 0.25) is 0 Å². The molecule has 2 aromatic carbocycles. The molecule has 5 heteroatoms. The summed E-state index contributed by atoms with van der Waals surface area (Å²) in [4.78, 5) is 15.4. The standard InChI is InChI=1S/C20H23N3O2/c1-2-25-17-10-9-15-13-19(23-18(15)14-17)20(24)22-12-6-11-21-16-7-4-3-5-8-16/h3-5,7-10,13-14,21,23H,2,6,11-12H2,1H3,(H,22,24). The third-order valence-electron chi connectivity index (χ3n) is 3.89. The number of ether oxygens (including phenoxy) is 1. The van der Waals surface area contributed by atoms with Gasteiger partial charge < -0.3 is 20.4 Å². The van der Waals surface area contributed by atoms with Crippen molar-refractivity contribution in [2.75, 3.05) is 25.0 Å². The average molecular weight is 337 g/mol. The van der Waals surface area contributed by atoms with Gasteiger partial charge >= 0.3 is 0 Å². The van der Waals surface area contributed by atoms with Crippen LogP contribution in [0.5, 0.6) is 5.75 Å². The van der Waals surface area contributed by atoms with Crippen LogP contribution >= 0.6 is 0 Å². The van der Waals surface area contributed by atoms with E-state index >= 15 is 0 Å². The van der Waals surface area contributed by atoms with Crippen molar-refractivity contribution in [1.82, 2.24) is 10.3 Å². The van der Waals surface area contributed by atoms with Crippen LogP contribution in [-0.2, 0) is 0 Å². The highest BCUT2D eigenvalue weighted by molar-refractivity contribution is 5.98. The fourth-order valence-corrected chi connectivity index (χ4v) is 2.66. The largest absolute Gasteiger partial charge is 0.494 e. The Kier molecular flexibility index (Phi) is 5.57. The molecule has 1 amide bonds. The van der Waals surface area contributed by atoms with Gasteiger partial charge in [-0.05, 0) is 43.7 Å². The average Bonchev–Trinajstić information content (AvgIpc) is 3.06. The maximum Gasteiger partial charge on any atom is 0.267 e. The Morgan fingerprint density at radius 3 is 2.72 bits per heavy atom. The third-order valence-corrected chi connectivity index (χ3v) is 3.89. The van der Waals surface area contributed by atoms with Gasteiger partial charge in [0.15, 0.2) is 0 Å². The topological polar surface area (TPSA) is 66.2 Å². The number of hydrogen-bond acceptors (Lipinski definition) is 3. The zero-order chi connectivity index (χ0) is 17.5. The van der Waals surface area contributed by atoms with Crippen LogP contribution in [0.1, 0.15) is 23.8 Å². The van der Waals surface area contributed by atoms with Gasteiger partial charge in [-0.1, -0.05) is 18.2 Å². The zero-order valence-electron chi connectivity index (χ0n) is 14.3. The third kappa shape index (κ3) is 4.53. The molecule has 3 aromatic rings. The Balaban J connectivity index is 1.48. The van der Waals surface area contributed by atoms with Crippen molar-refractivity contribution in [2.45, 2.75) is 13.3 Å². The molecule has 0 aliphatic heterocycles. The van der Waals surface area contributed by atoms with Crippen LogP contribution in [0.25, 0.3) is 10.9 Å². The number of rotatable bonds is 8. The summed E-state index contributed by atoms with van der Waals surface area (Å²) in [7, 11) is 0. The fourth-order valence-electron chi connectivity index (χ4n) is 2.66. The van der Waals surface area contributed by atoms with E-state index in [9.17, 15) is 4.79 Å². The first-order chi connectivity index (χ1) is 12.3. The minimum Gasteiger partial charge on any atom is -0.494 e. The lowest BCUT2D eigenvalue weighted by molar-refractivity contribution is 0.0949. The summed E-state index contributed by atoms with van der Waals surface area (Å²) in [6.07, 6.45) is 0.856. The molecule has 0 bridgehead atoms. The Morgan fingerprint density at radius 2 is 1.92 bits per heavy atom. The monoisotopic (exact) mass is 337 g/mol. The highest BCUT2D eigenvalue weighted by Gasteiger charge is 2.09. The van der Waals surface area contributed by atoms with Crippen LogP contribution < -0.4 is 15.4 Å². The highest BCUT2D eigenvalue weighted by atomic mass is 16.5. The lowest BCUT2D eigenvalue weighted by atomic mass is 10.2. The molecular weight excluding hydrogens is 314 g/mol. The van der Waals surface area contributed by atoms with Crippen LogP contribution in [0.15, 0.2) is 54.6 Å². The molecule has 5 nitrogen and oxygen atoms in total. The Hall–Kier alpha value is -2.95. The quantitative estimate of drug-likeness (QED) is 0.548. The van der Waals surface area contributed by atoms with Gasteiger partial charge in [0.05, 0.1) is 6.61 Å². The number of anilines is 1. The van der Waals surface area contributed by atoms with E-state index < -0.39 is 0 Å². The summed E-state index contributed by atoms with van der Waals surface area (Å²) >= 11 is 0. The van der Waals surface area contributed by atoms with E-state index in [1.54, 1.807) is 0 Å². The van der Waals surface area contributed by atoms with Gasteiger partial charge in [0, 0.05) is 35.7 Å². The molecule has 0 fully saturated rings. The maximum atomic E-state index is 12.3. The van der Waals surface area contributed by atoms with Crippen molar-refractivity contribution >= 4 is 22.5 Å². The number of nitrogens with one attached hydrogen (secondary N) is 3. The molecule has 0 atom stereocenters. The molecule has 0 saturated carbocycles. The second-order valence-corrected chi connectivity index (χ2v) is 5.77. The SMILES string of the molecule is CCOc1ccc2cc(C(=O)NCCCNc3ccccc3)[nH]c2c1. The minimum absolute atomic E-state index is 0.0890. The van der Waals surface area contributed by atoms with Gasteiger partial charge in [0.25, 0.3) is 5.91 Å². The van der Waals surface area contributed by atoms with E-state index in [0.29, 0.717) is 18.8 Å². The summed E-state index contributed by atoms with van der Waals surface area (Å²) < 4.78 is 5.48. The lowest BCUT2D eigenvalue weighted by Gasteiger charge is -2.06. The molecule has 0 aliphatic carbocycles. The number of aromatic nitrogens is 1. The summed E-state index contributed by atoms with van der Waals surface area (Å²) in [6, 6.07) is 17.7. The first-order valence-electron chi connectivity index (χ1n) is 8.59. The van der Waals surface area contributed by atoms with Crippen molar-refractivity contribution in [3.8, 4) is 5.75 Å². The van der Waals surface area contributed by atoms with Crippen LogP contribution in [0, 0.1) is 0 Å². The second kappa shape index (κ2) is 8.24. The highest BCUT2D eigenvalue weighted by Crippen LogP contribution is 2.21. The first kappa shape index (κ1) is 16.9. The number of hydrogen-bond donors (Lipinski definition) is 3. The molecule has 0 saturated heterocycles. The second-order valence-electron chi connectivity index (χ2n) is 5.77. The number of carbonyl (C=O) groups is 1. The van der Waals surface area contributed by atoms with Crippen LogP contribution in [0.3, 0.4) is 0 Å². The normalized spacial score (nSPS) is 10.6.